The smallest absolute Gasteiger partial charge is 0.227 e. The lowest BCUT2D eigenvalue weighted by Gasteiger charge is -2.31. The normalized spacial score (nSPS) is 19.6. The average Bonchev–Trinajstić information content (AvgIpc) is 2.50. The minimum atomic E-state index is 0.231. The van der Waals surface area contributed by atoms with E-state index in [-0.39, 0.29) is 5.91 Å². The summed E-state index contributed by atoms with van der Waals surface area (Å²) < 4.78 is 5.35. The number of aryl methyl sites for hydroxylation is 1. The molecule has 114 valence electrons. The lowest BCUT2D eigenvalue weighted by atomic mass is 10.0. The molecule has 5 nitrogen and oxygen atoms in total. The number of morpholine rings is 1. The first kappa shape index (κ1) is 14.4. The maximum atomic E-state index is 12.2. The first-order valence-electron chi connectivity index (χ1n) is 7.73. The van der Waals surface area contributed by atoms with Crippen molar-refractivity contribution in [3.05, 3.63) is 23.8 Å². The topological polar surface area (TPSA) is 58.8 Å². The van der Waals surface area contributed by atoms with E-state index in [1.54, 1.807) is 0 Å². The van der Waals surface area contributed by atoms with Crippen molar-refractivity contribution in [2.75, 3.05) is 50.0 Å². The highest BCUT2D eigenvalue weighted by molar-refractivity contribution is 5.96. The quantitative estimate of drug-likeness (QED) is 0.848. The Morgan fingerprint density at radius 1 is 1.14 bits per heavy atom. The number of nitrogens with zero attached hydrogens (tertiary/aromatic N) is 2. The molecule has 3 rings (SSSR count). The second kappa shape index (κ2) is 6.45. The second-order valence-electron chi connectivity index (χ2n) is 5.74. The zero-order chi connectivity index (χ0) is 14.7. The number of hydrogen-bond donors (Lipinski definition) is 1. The van der Waals surface area contributed by atoms with Crippen molar-refractivity contribution in [1.82, 2.24) is 4.90 Å². The minimum absolute atomic E-state index is 0.231. The van der Waals surface area contributed by atoms with Crippen molar-refractivity contribution in [3.8, 4) is 0 Å². The van der Waals surface area contributed by atoms with Crippen molar-refractivity contribution in [2.45, 2.75) is 19.3 Å². The van der Waals surface area contributed by atoms with Gasteiger partial charge in [-0.25, -0.2) is 0 Å². The van der Waals surface area contributed by atoms with E-state index >= 15 is 0 Å². The Bertz CT molecular complexity index is 512. The molecule has 0 bridgehead atoms. The predicted octanol–water partition coefficient (Wildman–Crippen LogP) is 1.27. The van der Waals surface area contributed by atoms with Gasteiger partial charge in [0.1, 0.15) is 0 Å². The molecule has 1 aromatic carbocycles. The van der Waals surface area contributed by atoms with Gasteiger partial charge in [-0.1, -0.05) is 0 Å². The fraction of sp³-hybridized carbons (Fsp3) is 0.562. The fourth-order valence-corrected chi connectivity index (χ4v) is 3.10. The Labute approximate surface area is 125 Å². The monoisotopic (exact) mass is 289 g/mol. The Morgan fingerprint density at radius 2 is 1.95 bits per heavy atom. The molecule has 2 heterocycles. The van der Waals surface area contributed by atoms with E-state index < -0.39 is 0 Å². The summed E-state index contributed by atoms with van der Waals surface area (Å²) in [4.78, 5) is 16.5. The van der Waals surface area contributed by atoms with Crippen LogP contribution in [0.3, 0.4) is 0 Å². The van der Waals surface area contributed by atoms with Crippen LogP contribution in [0.5, 0.6) is 0 Å². The number of nitrogen functional groups attached to an aromatic ring is 1. The van der Waals surface area contributed by atoms with Crippen LogP contribution in [0.25, 0.3) is 0 Å². The van der Waals surface area contributed by atoms with Gasteiger partial charge in [0, 0.05) is 44.0 Å². The molecule has 21 heavy (non-hydrogen) atoms. The number of fused-ring (bicyclic) bond motifs is 1. The van der Waals surface area contributed by atoms with Crippen LogP contribution in [0.15, 0.2) is 18.2 Å². The van der Waals surface area contributed by atoms with Gasteiger partial charge < -0.3 is 15.4 Å². The molecule has 5 heteroatoms. The minimum Gasteiger partial charge on any atom is -0.399 e. The summed E-state index contributed by atoms with van der Waals surface area (Å²) in [5.74, 6) is 0.231. The van der Waals surface area contributed by atoms with E-state index in [1.165, 1.54) is 5.56 Å². The van der Waals surface area contributed by atoms with E-state index in [0.29, 0.717) is 6.42 Å². The summed E-state index contributed by atoms with van der Waals surface area (Å²) in [6.45, 7) is 5.46. The predicted molar refractivity (Wildman–Crippen MR) is 83.4 cm³/mol. The van der Waals surface area contributed by atoms with Gasteiger partial charge in [-0.05, 0) is 36.6 Å². The Kier molecular flexibility index (Phi) is 4.41. The lowest BCUT2D eigenvalue weighted by molar-refractivity contribution is -0.118. The molecule has 1 fully saturated rings. The van der Waals surface area contributed by atoms with Crippen molar-refractivity contribution >= 4 is 17.3 Å². The molecule has 1 amide bonds. The summed E-state index contributed by atoms with van der Waals surface area (Å²) >= 11 is 0. The highest BCUT2D eigenvalue weighted by Gasteiger charge is 2.24. The van der Waals surface area contributed by atoms with E-state index in [9.17, 15) is 4.79 Å². The molecule has 0 spiro atoms. The summed E-state index contributed by atoms with van der Waals surface area (Å²) in [6, 6.07) is 5.86. The molecular formula is C16H23N3O2. The van der Waals surface area contributed by atoms with Crippen molar-refractivity contribution in [1.29, 1.82) is 0 Å². The molecule has 1 aromatic rings. The maximum absolute atomic E-state index is 12.2. The number of ether oxygens (including phenoxy) is 1. The Morgan fingerprint density at radius 3 is 2.76 bits per heavy atom. The van der Waals surface area contributed by atoms with Gasteiger partial charge >= 0.3 is 0 Å². The van der Waals surface area contributed by atoms with Crippen LogP contribution in [0.1, 0.15) is 18.4 Å². The number of carbonyl (C=O) groups is 1. The molecule has 0 saturated carbocycles. The summed E-state index contributed by atoms with van der Waals surface area (Å²) in [7, 11) is 0. The first-order valence-corrected chi connectivity index (χ1v) is 7.73. The number of carbonyl (C=O) groups excluding carboxylic acids is 1. The maximum Gasteiger partial charge on any atom is 0.227 e. The van der Waals surface area contributed by atoms with Gasteiger partial charge in [0.15, 0.2) is 0 Å². The molecule has 1 saturated heterocycles. The molecule has 0 radical (unpaired) electrons. The molecule has 2 N–H and O–H groups in total. The summed E-state index contributed by atoms with van der Waals surface area (Å²) in [5.41, 5.74) is 8.85. The zero-order valence-electron chi connectivity index (χ0n) is 12.4. The summed E-state index contributed by atoms with van der Waals surface area (Å²) in [5, 5.41) is 0. The Hall–Kier alpha value is -1.59. The first-order chi connectivity index (χ1) is 10.2. The third-order valence-electron chi connectivity index (χ3n) is 4.26. The van der Waals surface area contributed by atoms with Crippen molar-refractivity contribution < 1.29 is 9.53 Å². The Balaban J connectivity index is 1.60. The number of rotatable bonds is 4. The van der Waals surface area contributed by atoms with Crippen LogP contribution in [0.4, 0.5) is 11.4 Å². The van der Waals surface area contributed by atoms with E-state index in [0.717, 1.165) is 63.6 Å². The SMILES string of the molecule is Nc1ccc2c(c1)CCC(=O)N2CCCN1CCOCC1. The summed E-state index contributed by atoms with van der Waals surface area (Å²) in [6.07, 6.45) is 2.39. The van der Waals surface area contributed by atoms with Crippen molar-refractivity contribution in [2.24, 2.45) is 0 Å². The number of hydrogen-bond acceptors (Lipinski definition) is 4. The highest BCUT2D eigenvalue weighted by Crippen LogP contribution is 2.29. The molecule has 2 aliphatic rings. The number of nitrogens with two attached hydrogens (primary N) is 1. The van der Waals surface area contributed by atoms with Crippen LogP contribution in [-0.2, 0) is 16.0 Å². The van der Waals surface area contributed by atoms with Crippen LogP contribution >= 0.6 is 0 Å². The van der Waals surface area contributed by atoms with Crippen molar-refractivity contribution in [3.63, 3.8) is 0 Å². The number of anilines is 2. The van der Waals surface area contributed by atoms with Crippen LogP contribution in [-0.4, -0.2) is 50.2 Å². The van der Waals surface area contributed by atoms with Gasteiger partial charge in [0.2, 0.25) is 5.91 Å². The van der Waals surface area contributed by atoms with E-state index in [4.69, 9.17) is 10.5 Å². The van der Waals surface area contributed by atoms with Gasteiger partial charge in [0.25, 0.3) is 0 Å². The van der Waals surface area contributed by atoms with Crippen LogP contribution < -0.4 is 10.6 Å². The van der Waals surface area contributed by atoms with Gasteiger partial charge in [-0.15, -0.1) is 0 Å². The standard InChI is InChI=1S/C16H23N3O2/c17-14-3-4-15-13(12-14)2-5-16(20)19(15)7-1-6-18-8-10-21-11-9-18/h3-4,12H,1-2,5-11,17H2. The molecular weight excluding hydrogens is 266 g/mol. The largest absolute Gasteiger partial charge is 0.399 e. The molecule has 2 aliphatic heterocycles. The molecule has 0 unspecified atom stereocenters. The van der Waals surface area contributed by atoms with Gasteiger partial charge in [0.05, 0.1) is 13.2 Å². The van der Waals surface area contributed by atoms with Crippen LogP contribution in [0.2, 0.25) is 0 Å². The molecule has 0 aromatic heterocycles. The van der Waals surface area contributed by atoms with Gasteiger partial charge in [-0.3, -0.25) is 9.69 Å². The average molecular weight is 289 g/mol. The fourth-order valence-electron chi connectivity index (χ4n) is 3.10. The number of benzene rings is 1. The van der Waals surface area contributed by atoms with E-state index in [1.807, 2.05) is 23.1 Å². The zero-order valence-corrected chi connectivity index (χ0v) is 12.4. The van der Waals surface area contributed by atoms with Gasteiger partial charge in [-0.2, -0.15) is 0 Å². The second-order valence-corrected chi connectivity index (χ2v) is 5.74. The van der Waals surface area contributed by atoms with Crippen LogP contribution in [0, 0.1) is 0 Å². The number of amides is 1. The molecule has 0 atom stereocenters. The third-order valence-corrected chi connectivity index (χ3v) is 4.26. The third kappa shape index (κ3) is 3.36. The lowest BCUT2D eigenvalue weighted by Crippen LogP contribution is -2.40. The molecule has 0 aliphatic carbocycles. The van der Waals surface area contributed by atoms with E-state index in [2.05, 4.69) is 4.90 Å². The highest BCUT2D eigenvalue weighted by atomic mass is 16.5.